The maximum atomic E-state index is 5.71. The first-order valence-corrected chi connectivity index (χ1v) is 6.43. The zero-order chi connectivity index (χ0) is 12.5. The van der Waals surface area contributed by atoms with E-state index in [0.29, 0.717) is 11.8 Å². The van der Waals surface area contributed by atoms with Gasteiger partial charge in [0, 0.05) is 11.4 Å². The van der Waals surface area contributed by atoms with Crippen molar-refractivity contribution in [2.45, 2.75) is 24.7 Å². The Labute approximate surface area is 108 Å². The number of hydrogen-bond donors (Lipinski definition) is 2. The lowest BCUT2D eigenvalue weighted by atomic mass is 9.68. The summed E-state index contributed by atoms with van der Waals surface area (Å²) >= 11 is 0. The lowest BCUT2D eigenvalue weighted by Gasteiger charge is -2.36. The molecule has 0 unspecified atom stereocenters. The summed E-state index contributed by atoms with van der Waals surface area (Å²) in [5, 5.41) is 0. The van der Waals surface area contributed by atoms with Gasteiger partial charge in [-0.05, 0) is 60.1 Å². The molecule has 1 saturated carbocycles. The van der Waals surface area contributed by atoms with Crippen LogP contribution in [-0.2, 0) is 0 Å². The fourth-order valence-corrected chi connectivity index (χ4v) is 2.70. The summed E-state index contributed by atoms with van der Waals surface area (Å²) in [6.07, 6.45) is 2.46. The number of anilines is 2. The minimum absolute atomic E-state index is 0.688. The second kappa shape index (κ2) is 4.37. The SMILES string of the molecule is Nc1ccc(C2CC(c3ccc(N)cc3)C2)cc1. The summed E-state index contributed by atoms with van der Waals surface area (Å²) < 4.78 is 0. The summed E-state index contributed by atoms with van der Waals surface area (Å²) in [6, 6.07) is 16.6. The van der Waals surface area contributed by atoms with Crippen LogP contribution in [0.2, 0.25) is 0 Å². The molecule has 0 aromatic heterocycles. The summed E-state index contributed by atoms with van der Waals surface area (Å²) in [5.74, 6) is 1.38. The highest BCUT2D eigenvalue weighted by atomic mass is 14.5. The van der Waals surface area contributed by atoms with Crippen molar-refractivity contribution in [2.75, 3.05) is 11.5 Å². The smallest absolute Gasteiger partial charge is 0.0314 e. The number of nitrogens with two attached hydrogens (primary N) is 2. The van der Waals surface area contributed by atoms with Crippen LogP contribution in [-0.4, -0.2) is 0 Å². The van der Waals surface area contributed by atoms with Gasteiger partial charge in [-0.2, -0.15) is 0 Å². The highest BCUT2D eigenvalue weighted by Crippen LogP contribution is 2.47. The second-order valence-corrected chi connectivity index (χ2v) is 5.20. The fourth-order valence-electron chi connectivity index (χ4n) is 2.70. The molecular formula is C16H18N2. The van der Waals surface area contributed by atoms with Gasteiger partial charge in [0.2, 0.25) is 0 Å². The predicted octanol–water partition coefficient (Wildman–Crippen LogP) is 3.51. The van der Waals surface area contributed by atoms with Crippen molar-refractivity contribution in [1.82, 2.24) is 0 Å². The van der Waals surface area contributed by atoms with Crippen LogP contribution in [0, 0.1) is 0 Å². The van der Waals surface area contributed by atoms with Crippen molar-refractivity contribution in [3.63, 3.8) is 0 Å². The van der Waals surface area contributed by atoms with E-state index >= 15 is 0 Å². The number of hydrogen-bond acceptors (Lipinski definition) is 2. The van der Waals surface area contributed by atoms with Gasteiger partial charge >= 0.3 is 0 Å². The molecule has 1 fully saturated rings. The van der Waals surface area contributed by atoms with Gasteiger partial charge in [0.25, 0.3) is 0 Å². The van der Waals surface area contributed by atoms with Gasteiger partial charge in [-0.3, -0.25) is 0 Å². The monoisotopic (exact) mass is 238 g/mol. The van der Waals surface area contributed by atoms with E-state index in [1.807, 2.05) is 24.3 Å². The molecule has 0 heterocycles. The maximum Gasteiger partial charge on any atom is 0.0314 e. The van der Waals surface area contributed by atoms with Gasteiger partial charge in [0.1, 0.15) is 0 Å². The van der Waals surface area contributed by atoms with Crippen LogP contribution in [0.3, 0.4) is 0 Å². The summed E-state index contributed by atoms with van der Waals surface area (Å²) in [7, 11) is 0. The molecule has 1 aliphatic rings. The summed E-state index contributed by atoms with van der Waals surface area (Å²) in [5.41, 5.74) is 15.9. The normalized spacial score (nSPS) is 22.4. The van der Waals surface area contributed by atoms with Gasteiger partial charge in [0.05, 0.1) is 0 Å². The molecule has 4 N–H and O–H groups in total. The van der Waals surface area contributed by atoms with Crippen molar-refractivity contribution >= 4 is 11.4 Å². The van der Waals surface area contributed by atoms with Gasteiger partial charge in [0.15, 0.2) is 0 Å². The minimum Gasteiger partial charge on any atom is -0.399 e. The first-order valence-electron chi connectivity index (χ1n) is 6.43. The van der Waals surface area contributed by atoms with Crippen molar-refractivity contribution in [1.29, 1.82) is 0 Å². The van der Waals surface area contributed by atoms with Crippen molar-refractivity contribution in [3.05, 3.63) is 59.7 Å². The first kappa shape index (κ1) is 11.1. The Morgan fingerprint density at radius 3 is 1.28 bits per heavy atom. The standard InChI is InChI=1S/C16H18N2/c17-15-5-1-11(2-6-15)13-9-14(10-13)12-3-7-16(18)8-4-12/h1-8,13-14H,9-10,17-18H2. The Morgan fingerprint density at radius 1 is 0.611 bits per heavy atom. The molecule has 18 heavy (non-hydrogen) atoms. The van der Waals surface area contributed by atoms with Gasteiger partial charge in [-0.25, -0.2) is 0 Å². The number of rotatable bonds is 2. The van der Waals surface area contributed by atoms with Crippen LogP contribution < -0.4 is 11.5 Å². The van der Waals surface area contributed by atoms with Crippen LogP contribution in [0.15, 0.2) is 48.5 Å². The van der Waals surface area contributed by atoms with E-state index in [2.05, 4.69) is 24.3 Å². The van der Waals surface area contributed by atoms with E-state index in [1.54, 1.807) is 0 Å². The molecule has 2 nitrogen and oxygen atoms in total. The Morgan fingerprint density at radius 2 is 0.944 bits per heavy atom. The third-order valence-electron chi connectivity index (χ3n) is 3.95. The highest BCUT2D eigenvalue weighted by molar-refractivity contribution is 5.43. The molecule has 0 bridgehead atoms. The molecule has 2 aromatic rings. The molecule has 0 aliphatic heterocycles. The molecule has 3 rings (SSSR count). The fraction of sp³-hybridized carbons (Fsp3) is 0.250. The first-order chi connectivity index (χ1) is 8.72. The van der Waals surface area contributed by atoms with Crippen molar-refractivity contribution < 1.29 is 0 Å². The summed E-state index contributed by atoms with van der Waals surface area (Å²) in [6.45, 7) is 0. The Hall–Kier alpha value is -1.96. The zero-order valence-corrected chi connectivity index (χ0v) is 10.3. The Balaban J connectivity index is 1.66. The van der Waals surface area contributed by atoms with Crippen LogP contribution in [0.1, 0.15) is 35.8 Å². The lowest BCUT2D eigenvalue weighted by Crippen LogP contribution is -2.20. The van der Waals surface area contributed by atoms with Crippen molar-refractivity contribution in [3.8, 4) is 0 Å². The second-order valence-electron chi connectivity index (χ2n) is 5.20. The maximum absolute atomic E-state index is 5.71. The minimum atomic E-state index is 0.688. The topological polar surface area (TPSA) is 52.0 Å². The number of nitrogen functional groups attached to an aromatic ring is 2. The van der Waals surface area contributed by atoms with Gasteiger partial charge in [-0.15, -0.1) is 0 Å². The molecule has 0 spiro atoms. The Kier molecular flexibility index (Phi) is 2.71. The average molecular weight is 238 g/mol. The van der Waals surface area contributed by atoms with Crippen LogP contribution in [0.5, 0.6) is 0 Å². The summed E-state index contributed by atoms with van der Waals surface area (Å²) in [4.78, 5) is 0. The molecule has 0 radical (unpaired) electrons. The molecule has 92 valence electrons. The zero-order valence-electron chi connectivity index (χ0n) is 10.3. The average Bonchev–Trinajstić information content (AvgIpc) is 2.32. The molecule has 1 aliphatic carbocycles. The quantitative estimate of drug-likeness (QED) is 0.787. The molecule has 2 heteroatoms. The molecule has 0 saturated heterocycles. The van der Waals surface area contributed by atoms with E-state index < -0.39 is 0 Å². The largest absolute Gasteiger partial charge is 0.399 e. The molecule has 0 atom stereocenters. The van der Waals surface area contributed by atoms with E-state index in [9.17, 15) is 0 Å². The van der Waals surface area contributed by atoms with Gasteiger partial charge in [-0.1, -0.05) is 24.3 Å². The van der Waals surface area contributed by atoms with Gasteiger partial charge < -0.3 is 11.5 Å². The van der Waals surface area contributed by atoms with Crippen molar-refractivity contribution in [2.24, 2.45) is 0 Å². The molecular weight excluding hydrogens is 220 g/mol. The van der Waals surface area contributed by atoms with E-state index in [4.69, 9.17) is 11.5 Å². The van der Waals surface area contributed by atoms with Crippen LogP contribution in [0.4, 0.5) is 11.4 Å². The van der Waals surface area contributed by atoms with E-state index in [0.717, 1.165) is 11.4 Å². The predicted molar refractivity (Wildman–Crippen MR) is 76.4 cm³/mol. The third kappa shape index (κ3) is 2.06. The molecule has 2 aromatic carbocycles. The third-order valence-corrected chi connectivity index (χ3v) is 3.95. The van der Waals surface area contributed by atoms with E-state index in [-0.39, 0.29) is 0 Å². The lowest BCUT2D eigenvalue weighted by molar-refractivity contribution is 0.351. The van der Waals surface area contributed by atoms with Crippen LogP contribution in [0.25, 0.3) is 0 Å². The van der Waals surface area contributed by atoms with E-state index in [1.165, 1.54) is 24.0 Å². The van der Waals surface area contributed by atoms with Crippen LogP contribution >= 0.6 is 0 Å². The Bertz CT molecular complexity index is 473. The number of benzene rings is 2. The highest BCUT2D eigenvalue weighted by Gasteiger charge is 2.31. The molecule has 0 amide bonds.